The van der Waals surface area contributed by atoms with E-state index in [0.29, 0.717) is 11.8 Å². The van der Waals surface area contributed by atoms with Crippen LogP contribution < -0.4 is 10.7 Å². The number of aromatic carboxylic acids is 1. The highest BCUT2D eigenvalue weighted by molar-refractivity contribution is 6.13. The highest BCUT2D eigenvalue weighted by atomic mass is 16.4. The van der Waals surface area contributed by atoms with E-state index in [-0.39, 0.29) is 5.56 Å². The summed E-state index contributed by atoms with van der Waals surface area (Å²) < 4.78 is 1.41. The van der Waals surface area contributed by atoms with E-state index in [1.165, 1.54) is 10.9 Å². The summed E-state index contributed by atoms with van der Waals surface area (Å²) in [7, 11) is 0. The molecular weight excluding hydrogens is 304 g/mol. The molecule has 0 saturated carbocycles. The van der Waals surface area contributed by atoms with Crippen molar-refractivity contribution in [3.05, 3.63) is 35.7 Å². The molecule has 0 amide bonds. The Morgan fingerprint density at radius 3 is 2.58 bits per heavy atom. The monoisotopic (exact) mass is 326 g/mol. The fraction of sp³-hybridized carbons (Fsp3) is 0.333. The Labute approximate surface area is 140 Å². The quantitative estimate of drug-likeness (QED) is 0.704. The molecule has 0 aliphatic rings. The van der Waals surface area contributed by atoms with Crippen molar-refractivity contribution in [2.24, 2.45) is 0 Å². The molecule has 3 N–H and O–H groups in total. The molecule has 126 valence electrons. The molecule has 6 nitrogen and oxygen atoms in total. The molecule has 1 aromatic carbocycles. The van der Waals surface area contributed by atoms with E-state index >= 15 is 0 Å². The summed E-state index contributed by atoms with van der Waals surface area (Å²) in [5, 5.41) is 11.0. The van der Waals surface area contributed by atoms with E-state index in [1.807, 2.05) is 19.1 Å². The third-order valence-electron chi connectivity index (χ3n) is 4.51. The first kappa shape index (κ1) is 16.1. The number of aromatic nitrogens is 2. The van der Waals surface area contributed by atoms with E-state index in [2.05, 4.69) is 29.8 Å². The maximum absolute atomic E-state index is 11.6. The number of nitrogens with zero attached hydrogens (tertiary/aromatic N) is 3. The van der Waals surface area contributed by atoms with Crippen molar-refractivity contribution in [1.82, 2.24) is 9.66 Å². The number of carbonyl (C=O) groups is 1. The zero-order chi connectivity index (χ0) is 17.4. The van der Waals surface area contributed by atoms with Crippen LogP contribution in [0.25, 0.3) is 21.8 Å². The number of rotatable bonds is 5. The fourth-order valence-corrected chi connectivity index (χ4v) is 3.31. The molecule has 0 spiro atoms. The van der Waals surface area contributed by atoms with E-state index in [1.54, 1.807) is 0 Å². The maximum atomic E-state index is 11.6. The van der Waals surface area contributed by atoms with E-state index in [4.69, 9.17) is 5.84 Å². The van der Waals surface area contributed by atoms with Crippen molar-refractivity contribution in [3.63, 3.8) is 0 Å². The van der Waals surface area contributed by atoms with Gasteiger partial charge in [0.2, 0.25) is 0 Å². The third kappa shape index (κ3) is 2.35. The highest BCUT2D eigenvalue weighted by Crippen LogP contribution is 2.32. The molecule has 0 fully saturated rings. The average molecular weight is 326 g/mol. The van der Waals surface area contributed by atoms with Crippen LogP contribution in [0.1, 0.15) is 36.8 Å². The van der Waals surface area contributed by atoms with Gasteiger partial charge in [-0.15, -0.1) is 0 Å². The first-order valence-corrected chi connectivity index (χ1v) is 8.22. The van der Waals surface area contributed by atoms with Gasteiger partial charge in [0.15, 0.2) is 0 Å². The van der Waals surface area contributed by atoms with Gasteiger partial charge in [-0.25, -0.2) is 4.79 Å². The maximum Gasteiger partial charge on any atom is 0.338 e. The molecule has 0 atom stereocenters. The lowest BCUT2D eigenvalue weighted by Gasteiger charge is -2.21. The van der Waals surface area contributed by atoms with Crippen molar-refractivity contribution in [3.8, 4) is 0 Å². The molecule has 24 heavy (non-hydrogen) atoms. The topological polar surface area (TPSA) is 84.4 Å². The van der Waals surface area contributed by atoms with E-state index < -0.39 is 5.97 Å². The first-order valence-electron chi connectivity index (χ1n) is 8.22. The van der Waals surface area contributed by atoms with Gasteiger partial charge in [0, 0.05) is 35.7 Å². The smallest absolute Gasteiger partial charge is 0.338 e. The molecule has 0 radical (unpaired) electrons. The number of fused-ring (bicyclic) bond motifs is 3. The zero-order valence-electron chi connectivity index (χ0n) is 14.2. The Kier molecular flexibility index (Phi) is 4.05. The number of aryl methyl sites for hydroxylation is 1. The van der Waals surface area contributed by atoms with Crippen LogP contribution in [0, 0.1) is 0 Å². The standard InChI is InChI=1S/C18H22N4O2/c1-4-14-16-13(18(23)24)10-22(19)17(16)12-9-11(21(5-2)6-3)7-8-15(12)20-14/h7-10H,4-6,19H2,1-3H3,(H,23,24). The van der Waals surface area contributed by atoms with Gasteiger partial charge in [0.1, 0.15) is 0 Å². The third-order valence-corrected chi connectivity index (χ3v) is 4.51. The minimum atomic E-state index is -0.986. The van der Waals surface area contributed by atoms with E-state index in [0.717, 1.165) is 40.9 Å². The van der Waals surface area contributed by atoms with E-state index in [9.17, 15) is 9.90 Å². The van der Waals surface area contributed by atoms with Crippen LogP contribution in [0.4, 0.5) is 5.69 Å². The number of carboxylic acid groups (broad SMARTS) is 1. The first-order chi connectivity index (χ1) is 11.5. The Morgan fingerprint density at radius 2 is 2.00 bits per heavy atom. The number of hydrogen-bond donors (Lipinski definition) is 2. The van der Waals surface area contributed by atoms with Crippen molar-refractivity contribution in [1.29, 1.82) is 0 Å². The largest absolute Gasteiger partial charge is 0.478 e. The molecule has 0 aliphatic carbocycles. The van der Waals surface area contributed by atoms with Gasteiger partial charge in [-0.3, -0.25) is 9.66 Å². The van der Waals surface area contributed by atoms with Crippen LogP contribution in [0.15, 0.2) is 24.4 Å². The molecule has 2 heterocycles. The second-order valence-corrected chi connectivity index (χ2v) is 5.76. The van der Waals surface area contributed by atoms with Crippen LogP contribution in [0.2, 0.25) is 0 Å². The summed E-state index contributed by atoms with van der Waals surface area (Å²) in [5.41, 5.74) is 3.60. The summed E-state index contributed by atoms with van der Waals surface area (Å²) in [4.78, 5) is 18.5. The molecule has 0 bridgehead atoms. The molecule has 6 heteroatoms. The van der Waals surface area contributed by atoms with Gasteiger partial charge < -0.3 is 15.8 Å². The number of hydrogen-bond acceptors (Lipinski definition) is 4. The zero-order valence-corrected chi connectivity index (χ0v) is 14.2. The Morgan fingerprint density at radius 1 is 1.29 bits per heavy atom. The Hall–Kier alpha value is -2.76. The summed E-state index contributed by atoms with van der Waals surface area (Å²) >= 11 is 0. The highest BCUT2D eigenvalue weighted by Gasteiger charge is 2.20. The van der Waals surface area contributed by atoms with Gasteiger partial charge in [0.05, 0.1) is 22.3 Å². The SMILES string of the molecule is CCc1nc2ccc(N(CC)CC)cc2c2c1c(C(=O)O)cn2N. The van der Waals surface area contributed by atoms with Gasteiger partial charge in [0.25, 0.3) is 0 Å². The number of nitrogen functional groups attached to an aromatic ring is 1. The lowest BCUT2D eigenvalue weighted by atomic mass is 10.0. The van der Waals surface area contributed by atoms with Gasteiger partial charge in [-0.2, -0.15) is 0 Å². The molecule has 3 rings (SSSR count). The number of pyridine rings is 1. The minimum absolute atomic E-state index is 0.201. The average Bonchev–Trinajstić information content (AvgIpc) is 2.93. The molecule has 0 aliphatic heterocycles. The van der Waals surface area contributed by atoms with Crippen LogP contribution in [-0.4, -0.2) is 33.8 Å². The predicted octanol–water partition coefficient (Wildman–Crippen LogP) is 3.01. The van der Waals surface area contributed by atoms with Crippen molar-refractivity contribution in [2.75, 3.05) is 23.8 Å². The second-order valence-electron chi connectivity index (χ2n) is 5.76. The summed E-state index contributed by atoms with van der Waals surface area (Å²) in [6, 6.07) is 6.08. The number of benzene rings is 1. The molecule has 0 unspecified atom stereocenters. The predicted molar refractivity (Wildman–Crippen MR) is 97.3 cm³/mol. The molecule has 2 aromatic heterocycles. The van der Waals surface area contributed by atoms with Gasteiger partial charge >= 0.3 is 5.97 Å². The van der Waals surface area contributed by atoms with Crippen LogP contribution in [-0.2, 0) is 6.42 Å². The molecule has 3 aromatic rings. The fourth-order valence-electron chi connectivity index (χ4n) is 3.31. The van der Waals surface area contributed by atoms with Crippen LogP contribution in [0.5, 0.6) is 0 Å². The number of carboxylic acids is 1. The second kappa shape index (κ2) is 6.03. The lowest BCUT2D eigenvalue weighted by molar-refractivity contribution is 0.0699. The summed E-state index contributed by atoms with van der Waals surface area (Å²) in [5.74, 6) is 5.12. The summed E-state index contributed by atoms with van der Waals surface area (Å²) in [6.07, 6.45) is 2.12. The van der Waals surface area contributed by atoms with Crippen molar-refractivity contribution >= 4 is 33.5 Å². The van der Waals surface area contributed by atoms with Crippen LogP contribution >= 0.6 is 0 Å². The van der Waals surface area contributed by atoms with Crippen molar-refractivity contribution < 1.29 is 9.90 Å². The number of anilines is 1. The molecule has 0 saturated heterocycles. The van der Waals surface area contributed by atoms with Crippen molar-refractivity contribution in [2.45, 2.75) is 27.2 Å². The molecular formula is C18H22N4O2. The Balaban J connectivity index is 2.42. The van der Waals surface area contributed by atoms with Gasteiger partial charge in [-0.1, -0.05) is 6.92 Å². The minimum Gasteiger partial charge on any atom is -0.478 e. The normalized spacial score (nSPS) is 11.3. The number of nitrogens with two attached hydrogens (primary N) is 1. The summed E-state index contributed by atoms with van der Waals surface area (Å²) in [6.45, 7) is 7.98. The lowest BCUT2D eigenvalue weighted by Crippen LogP contribution is -2.21. The van der Waals surface area contributed by atoms with Crippen LogP contribution in [0.3, 0.4) is 0 Å². The van der Waals surface area contributed by atoms with Gasteiger partial charge in [-0.05, 0) is 38.5 Å². The Bertz CT molecular complexity index is 926.